The number of hydrogen-bond donors (Lipinski definition) is 1. The number of thiazole rings is 1. The highest BCUT2D eigenvalue weighted by molar-refractivity contribution is 8.00. The summed E-state index contributed by atoms with van der Waals surface area (Å²) in [5.41, 5.74) is 1.16. The lowest BCUT2D eigenvalue weighted by Gasteiger charge is -2.21. The third kappa shape index (κ3) is 4.67. The molecule has 1 aliphatic rings. The predicted octanol–water partition coefficient (Wildman–Crippen LogP) is 4.98. The maximum atomic E-state index is 4.65. The molecule has 7 heteroatoms. The normalized spacial score (nSPS) is 16.0. The maximum Gasteiger partial charge on any atom is 0.206 e. The molecule has 3 rings (SSSR count). The Hall–Kier alpha value is -0.660. The lowest BCUT2D eigenvalue weighted by Crippen LogP contribution is -2.21. The van der Waals surface area contributed by atoms with Gasteiger partial charge in [0.2, 0.25) is 5.13 Å². The van der Waals surface area contributed by atoms with Gasteiger partial charge in [-0.15, -0.1) is 21.5 Å². The van der Waals surface area contributed by atoms with Crippen LogP contribution in [0.2, 0.25) is 0 Å². The van der Waals surface area contributed by atoms with Gasteiger partial charge in [-0.2, -0.15) is 0 Å². The minimum absolute atomic E-state index is 0.592. The summed E-state index contributed by atoms with van der Waals surface area (Å²) >= 11 is 5.17. The Labute approximate surface area is 144 Å². The molecule has 1 saturated carbocycles. The molecular weight excluding hydrogens is 332 g/mol. The van der Waals surface area contributed by atoms with Gasteiger partial charge in [-0.3, -0.25) is 0 Å². The number of aryl methyl sites for hydroxylation is 1. The van der Waals surface area contributed by atoms with Crippen molar-refractivity contribution in [1.29, 1.82) is 0 Å². The number of anilines is 1. The summed E-state index contributed by atoms with van der Waals surface area (Å²) in [5.74, 6) is 0.887. The minimum Gasteiger partial charge on any atom is -0.357 e. The molecule has 0 unspecified atom stereocenters. The van der Waals surface area contributed by atoms with Crippen LogP contribution in [0.15, 0.2) is 9.72 Å². The number of nitrogens with zero attached hydrogens (tertiary/aromatic N) is 3. The van der Waals surface area contributed by atoms with Gasteiger partial charge < -0.3 is 5.32 Å². The van der Waals surface area contributed by atoms with E-state index in [-0.39, 0.29) is 0 Å². The largest absolute Gasteiger partial charge is 0.357 e. The molecule has 1 fully saturated rings. The molecule has 0 saturated heterocycles. The summed E-state index contributed by atoms with van der Waals surface area (Å²) in [7, 11) is 0. The number of nitrogens with one attached hydrogen (secondary N) is 1. The average Bonchev–Trinajstić information content (AvgIpc) is 3.16. The van der Waals surface area contributed by atoms with Crippen molar-refractivity contribution < 1.29 is 0 Å². The first-order valence-corrected chi connectivity index (χ1v) is 10.7. The summed E-state index contributed by atoms with van der Waals surface area (Å²) < 4.78 is 1.03. The van der Waals surface area contributed by atoms with Crippen LogP contribution in [-0.2, 0) is 12.2 Å². The minimum atomic E-state index is 0.592. The molecule has 2 aromatic heterocycles. The van der Waals surface area contributed by atoms with Crippen LogP contribution < -0.4 is 5.32 Å². The van der Waals surface area contributed by atoms with Crippen molar-refractivity contribution in [2.45, 2.75) is 68.0 Å². The first kappa shape index (κ1) is 16.2. The van der Waals surface area contributed by atoms with E-state index in [0.29, 0.717) is 6.04 Å². The quantitative estimate of drug-likeness (QED) is 0.710. The molecule has 1 aliphatic carbocycles. The summed E-state index contributed by atoms with van der Waals surface area (Å²) in [4.78, 5) is 4.65. The van der Waals surface area contributed by atoms with Gasteiger partial charge in [-0.1, -0.05) is 49.3 Å². The van der Waals surface area contributed by atoms with E-state index in [1.165, 1.54) is 37.1 Å². The fraction of sp³-hybridized carbons (Fsp3) is 0.667. The van der Waals surface area contributed by atoms with Crippen LogP contribution in [0.3, 0.4) is 0 Å². The van der Waals surface area contributed by atoms with Crippen molar-refractivity contribution in [3.63, 3.8) is 0 Å². The van der Waals surface area contributed by atoms with E-state index in [1.807, 2.05) is 0 Å². The van der Waals surface area contributed by atoms with Crippen LogP contribution in [0, 0.1) is 0 Å². The molecule has 0 amide bonds. The van der Waals surface area contributed by atoms with E-state index >= 15 is 0 Å². The van der Waals surface area contributed by atoms with Crippen LogP contribution in [-0.4, -0.2) is 21.2 Å². The Morgan fingerprint density at radius 3 is 2.95 bits per heavy atom. The first-order chi connectivity index (χ1) is 10.8. The van der Waals surface area contributed by atoms with E-state index in [4.69, 9.17) is 0 Å². The van der Waals surface area contributed by atoms with E-state index in [1.54, 1.807) is 34.4 Å². The fourth-order valence-corrected chi connectivity index (χ4v) is 5.35. The van der Waals surface area contributed by atoms with Crippen LogP contribution in [0.1, 0.15) is 56.2 Å². The SMILES string of the molecule is CCCc1nc(CSc2nnc(NC3CCCCC3)s2)cs1. The molecule has 0 aliphatic heterocycles. The van der Waals surface area contributed by atoms with E-state index in [2.05, 4.69) is 32.8 Å². The first-order valence-electron chi connectivity index (χ1n) is 7.99. The second-order valence-electron chi connectivity index (χ2n) is 5.62. The van der Waals surface area contributed by atoms with Crippen molar-refractivity contribution in [2.75, 3.05) is 5.32 Å². The zero-order valence-corrected chi connectivity index (χ0v) is 15.3. The average molecular weight is 355 g/mol. The van der Waals surface area contributed by atoms with E-state index in [9.17, 15) is 0 Å². The summed E-state index contributed by atoms with van der Waals surface area (Å²) in [6.07, 6.45) is 8.82. The molecule has 22 heavy (non-hydrogen) atoms. The Balaban J connectivity index is 1.48. The second kappa shape index (κ2) is 8.26. The Morgan fingerprint density at radius 2 is 2.14 bits per heavy atom. The third-order valence-electron chi connectivity index (χ3n) is 3.75. The highest BCUT2D eigenvalue weighted by Gasteiger charge is 2.15. The maximum absolute atomic E-state index is 4.65. The smallest absolute Gasteiger partial charge is 0.206 e. The number of thioether (sulfide) groups is 1. The Morgan fingerprint density at radius 1 is 1.27 bits per heavy atom. The molecule has 2 aromatic rings. The second-order valence-corrected chi connectivity index (χ2v) is 8.77. The molecule has 4 nitrogen and oxygen atoms in total. The van der Waals surface area contributed by atoms with Gasteiger partial charge in [0.05, 0.1) is 10.7 Å². The Kier molecular flexibility index (Phi) is 6.09. The molecule has 0 atom stereocenters. The Bertz CT molecular complexity index is 575. The molecule has 1 N–H and O–H groups in total. The lowest BCUT2D eigenvalue weighted by atomic mass is 9.96. The third-order valence-corrected chi connectivity index (χ3v) is 6.72. The predicted molar refractivity (Wildman–Crippen MR) is 96.1 cm³/mol. The van der Waals surface area contributed by atoms with Gasteiger partial charge in [-0.25, -0.2) is 4.98 Å². The topological polar surface area (TPSA) is 50.7 Å². The van der Waals surface area contributed by atoms with Gasteiger partial charge in [0, 0.05) is 17.2 Å². The van der Waals surface area contributed by atoms with Gasteiger partial charge in [0.15, 0.2) is 4.34 Å². The van der Waals surface area contributed by atoms with E-state index < -0.39 is 0 Å². The summed E-state index contributed by atoms with van der Waals surface area (Å²) in [6, 6.07) is 0.592. The molecule has 0 radical (unpaired) electrons. The van der Waals surface area contributed by atoms with Crippen LogP contribution in [0.25, 0.3) is 0 Å². The monoisotopic (exact) mass is 354 g/mol. The number of hydrogen-bond acceptors (Lipinski definition) is 7. The molecule has 120 valence electrons. The van der Waals surface area contributed by atoms with Crippen LogP contribution in [0.5, 0.6) is 0 Å². The molecular formula is C15H22N4S3. The molecule has 2 heterocycles. The standard InChI is InChI=1S/C15H22N4S3/c1-2-6-13-16-12(9-20-13)10-21-15-19-18-14(22-15)17-11-7-4-3-5-8-11/h9,11H,2-8,10H2,1H3,(H,17,18). The van der Waals surface area contributed by atoms with Crippen molar-refractivity contribution in [3.05, 3.63) is 16.1 Å². The summed E-state index contributed by atoms with van der Waals surface area (Å²) in [5, 5.41) is 16.5. The fourth-order valence-electron chi connectivity index (χ4n) is 2.63. The molecule has 0 spiro atoms. The van der Waals surface area contributed by atoms with Crippen molar-refractivity contribution in [2.24, 2.45) is 0 Å². The van der Waals surface area contributed by atoms with Crippen LogP contribution >= 0.6 is 34.4 Å². The van der Waals surface area contributed by atoms with Crippen molar-refractivity contribution in [1.82, 2.24) is 15.2 Å². The van der Waals surface area contributed by atoms with Gasteiger partial charge in [0.25, 0.3) is 0 Å². The highest BCUT2D eigenvalue weighted by Crippen LogP contribution is 2.30. The van der Waals surface area contributed by atoms with Crippen molar-refractivity contribution in [3.8, 4) is 0 Å². The van der Waals surface area contributed by atoms with Gasteiger partial charge in [0.1, 0.15) is 0 Å². The van der Waals surface area contributed by atoms with Crippen molar-refractivity contribution >= 4 is 39.6 Å². The number of rotatable bonds is 7. The summed E-state index contributed by atoms with van der Waals surface area (Å²) in [6.45, 7) is 2.19. The lowest BCUT2D eigenvalue weighted by molar-refractivity contribution is 0.462. The van der Waals surface area contributed by atoms with Gasteiger partial charge in [-0.05, 0) is 25.7 Å². The number of aromatic nitrogens is 3. The van der Waals surface area contributed by atoms with E-state index in [0.717, 1.165) is 33.8 Å². The zero-order valence-electron chi connectivity index (χ0n) is 12.9. The molecule has 0 aromatic carbocycles. The molecule has 0 bridgehead atoms. The zero-order chi connectivity index (χ0) is 15.2. The van der Waals surface area contributed by atoms with Gasteiger partial charge >= 0.3 is 0 Å². The highest BCUT2D eigenvalue weighted by atomic mass is 32.2. The van der Waals surface area contributed by atoms with Crippen LogP contribution in [0.4, 0.5) is 5.13 Å².